The lowest BCUT2D eigenvalue weighted by Crippen LogP contribution is -2.38. The summed E-state index contributed by atoms with van der Waals surface area (Å²) >= 11 is 6.55. The average molecular weight is 280 g/mol. The van der Waals surface area contributed by atoms with Crippen LogP contribution in [0.4, 0.5) is 0 Å². The number of carbonyl (C=O) groups excluding carboxylic acids is 1. The highest BCUT2D eigenvalue weighted by Gasteiger charge is 2.39. The Kier molecular flexibility index (Phi) is 3.34. The van der Waals surface area contributed by atoms with Crippen molar-refractivity contribution in [3.8, 4) is 0 Å². The zero-order valence-electron chi connectivity index (χ0n) is 8.30. The van der Waals surface area contributed by atoms with Crippen molar-refractivity contribution in [2.24, 2.45) is 0 Å². The molecule has 1 aromatic heterocycles. The maximum atomic E-state index is 12.1. The molecule has 1 atom stereocenters. The number of rotatable bonds is 3. The number of thiophene rings is 1. The quantitative estimate of drug-likeness (QED) is 0.791. The molecule has 2 rings (SSSR count). The summed E-state index contributed by atoms with van der Waals surface area (Å²) in [4.78, 5) is 11.1. The van der Waals surface area contributed by atoms with Gasteiger partial charge in [-0.1, -0.05) is 6.07 Å². The molecule has 0 radical (unpaired) electrons. The molecule has 0 amide bonds. The molecular formula is C9H10ClNO3S2. The predicted molar refractivity (Wildman–Crippen MR) is 62.1 cm³/mol. The highest BCUT2D eigenvalue weighted by molar-refractivity contribution is 7.91. The fourth-order valence-corrected chi connectivity index (χ4v) is 4.84. The first-order chi connectivity index (χ1) is 7.53. The molecule has 16 heavy (non-hydrogen) atoms. The van der Waals surface area contributed by atoms with Gasteiger partial charge in [0.25, 0.3) is 10.0 Å². The minimum Gasteiger partial charge on any atom is -0.279 e. The zero-order chi connectivity index (χ0) is 11.8. The number of carbonyl (C=O) groups is 1. The fourth-order valence-electron chi connectivity index (χ4n) is 1.78. The van der Waals surface area contributed by atoms with E-state index in [0.717, 1.165) is 11.3 Å². The first-order valence-electron chi connectivity index (χ1n) is 4.78. The third-order valence-electron chi connectivity index (χ3n) is 2.52. The van der Waals surface area contributed by atoms with Crippen molar-refractivity contribution in [2.75, 3.05) is 6.54 Å². The van der Waals surface area contributed by atoms with E-state index in [4.69, 9.17) is 11.6 Å². The molecule has 88 valence electrons. The summed E-state index contributed by atoms with van der Waals surface area (Å²) in [6, 6.07) is 2.51. The van der Waals surface area contributed by atoms with Gasteiger partial charge in [0.2, 0.25) is 5.24 Å². The third kappa shape index (κ3) is 2.02. The van der Waals surface area contributed by atoms with Crippen LogP contribution in [-0.2, 0) is 14.8 Å². The molecule has 1 aliphatic rings. The van der Waals surface area contributed by atoms with Crippen molar-refractivity contribution >= 4 is 38.2 Å². The van der Waals surface area contributed by atoms with Crippen LogP contribution in [0.3, 0.4) is 0 Å². The normalized spacial score (nSPS) is 22.4. The second-order valence-corrected chi connectivity index (χ2v) is 6.95. The lowest BCUT2D eigenvalue weighted by Gasteiger charge is -2.19. The van der Waals surface area contributed by atoms with Gasteiger partial charge in [0.05, 0.1) is 6.04 Å². The number of halogens is 1. The van der Waals surface area contributed by atoms with E-state index in [-0.39, 0.29) is 4.21 Å². The largest absolute Gasteiger partial charge is 0.279 e. The number of sulfonamides is 1. The van der Waals surface area contributed by atoms with Crippen LogP contribution in [0, 0.1) is 0 Å². The first kappa shape index (κ1) is 12.0. The molecule has 0 aliphatic carbocycles. The second-order valence-electron chi connectivity index (χ2n) is 3.51. The maximum absolute atomic E-state index is 12.1. The third-order valence-corrected chi connectivity index (χ3v) is 6.06. The highest BCUT2D eigenvalue weighted by atomic mass is 35.5. The van der Waals surface area contributed by atoms with E-state index in [9.17, 15) is 13.2 Å². The monoisotopic (exact) mass is 279 g/mol. The standard InChI is InChI=1S/C9H10ClNO3S2/c10-9(12)7-3-1-5-11(7)16(13,14)8-4-2-6-15-8/h2,4,6-7H,1,3,5H2. The summed E-state index contributed by atoms with van der Waals surface area (Å²) in [5.74, 6) is 0. The lowest BCUT2D eigenvalue weighted by molar-refractivity contribution is -0.114. The molecule has 1 unspecified atom stereocenters. The van der Waals surface area contributed by atoms with Crippen LogP contribution in [0.25, 0.3) is 0 Å². The average Bonchev–Trinajstić information content (AvgIpc) is 2.89. The van der Waals surface area contributed by atoms with Gasteiger partial charge >= 0.3 is 0 Å². The van der Waals surface area contributed by atoms with Gasteiger partial charge in [0.1, 0.15) is 4.21 Å². The van der Waals surface area contributed by atoms with E-state index in [2.05, 4.69) is 0 Å². The molecule has 2 heterocycles. The maximum Gasteiger partial charge on any atom is 0.253 e. The van der Waals surface area contributed by atoms with Gasteiger partial charge in [-0.05, 0) is 35.9 Å². The molecule has 0 N–H and O–H groups in total. The molecular weight excluding hydrogens is 270 g/mol. The Morgan fingerprint density at radius 2 is 2.31 bits per heavy atom. The van der Waals surface area contributed by atoms with Crippen molar-refractivity contribution in [3.63, 3.8) is 0 Å². The second kappa shape index (κ2) is 4.44. The van der Waals surface area contributed by atoms with E-state index < -0.39 is 21.3 Å². The smallest absolute Gasteiger partial charge is 0.253 e. The summed E-state index contributed by atoms with van der Waals surface area (Å²) in [5.41, 5.74) is 0. The Morgan fingerprint density at radius 1 is 1.56 bits per heavy atom. The molecule has 1 aliphatic heterocycles. The van der Waals surface area contributed by atoms with Gasteiger partial charge in [0, 0.05) is 6.54 Å². The van der Waals surface area contributed by atoms with Crippen LogP contribution >= 0.6 is 22.9 Å². The van der Waals surface area contributed by atoms with Gasteiger partial charge in [-0.15, -0.1) is 11.3 Å². The van der Waals surface area contributed by atoms with Gasteiger partial charge in [-0.2, -0.15) is 4.31 Å². The number of hydrogen-bond acceptors (Lipinski definition) is 4. The Morgan fingerprint density at radius 3 is 2.88 bits per heavy atom. The van der Waals surface area contributed by atoms with Crippen molar-refractivity contribution in [2.45, 2.75) is 23.1 Å². The fraction of sp³-hybridized carbons (Fsp3) is 0.444. The first-order valence-corrected chi connectivity index (χ1v) is 7.48. The van der Waals surface area contributed by atoms with Crippen LogP contribution in [0.1, 0.15) is 12.8 Å². The number of nitrogens with zero attached hydrogens (tertiary/aromatic N) is 1. The molecule has 1 fully saturated rings. The molecule has 0 aromatic carbocycles. The van der Waals surface area contributed by atoms with Gasteiger partial charge in [-0.3, -0.25) is 4.79 Å². The van der Waals surface area contributed by atoms with E-state index in [0.29, 0.717) is 19.4 Å². The summed E-state index contributed by atoms with van der Waals surface area (Å²) in [6.07, 6.45) is 1.18. The van der Waals surface area contributed by atoms with E-state index in [1.54, 1.807) is 11.4 Å². The molecule has 1 aromatic rings. The van der Waals surface area contributed by atoms with E-state index in [1.807, 2.05) is 0 Å². The lowest BCUT2D eigenvalue weighted by atomic mass is 10.2. The summed E-state index contributed by atoms with van der Waals surface area (Å²) < 4.78 is 25.7. The highest BCUT2D eigenvalue weighted by Crippen LogP contribution is 2.29. The molecule has 4 nitrogen and oxygen atoms in total. The SMILES string of the molecule is O=C(Cl)C1CCCN1S(=O)(=O)c1cccs1. The minimum absolute atomic E-state index is 0.261. The predicted octanol–water partition coefficient (Wildman–Crippen LogP) is 1.67. The summed E-state index contributed by atoms with van der Waals surface area (Å²) in [6.45, 7) is 0.364. The number of hydrogen-bond donors (Lipinski definition) is 0. The molecule has 0 bridgehead atoms. The van der Waals surface area contributed by atoms with Gasteiger partial charge < -0.3 is 0 Å². The van der Waals surface area contributed by atoms with Crippen LogP contribution in [-0.4, -0.2) is 30.6 Å². The van der Waals surface area contributed by atoms with Crippen LogP contribution < -0.4 is 0 Å². The van der Waals surface area contributed by atoms with Crippen LogP contribution in [0.5, 0.6) is 0 Å². The summed E-state index contributed by atoms with van der Waals surface area (Å²) in [5, 5.41) is 1.10. The Hall–Kier alpha value is -0.430. The van der Waals surface area contributed by atoms with E-state index >= 15 is 0 Å². The van der Waals surface area contributed by atoms with Crippen molar-refractivity contribution < 1.29 is 13.2 Å². The summed E-state index contributed by atoms with van der Waals surface area (Å²) in [7, 11) is -3.54. The molecule has 0 saturated carbocycles. The molecule has 1 saturated heterocycles. The van der Waals surface area contributed by atoms with Crippen LogP contribution in [0.2, 0.25) is 0 Å². The van der Waals surface area contributed by atoms with Gasteiger partial charge in [0.15, 0.2) is 0 Å². The zero-order valence-corrected chi connectivity index (χ0v) is 10.7. The Labute approximate surface area is 103 Å². The Balaban J connectivity index is 2.34. The van der Waals surface area contributed by atoms with Crippen LogP contribution in [0.15, 0.2) is 21.7 Å². The molecule has 7 heteroatoms. The van der Waals surface area contributed by atoms with Crippen molar-refractivity contribution in [1.82, 2.24) is 4.31 Å². The topological polar surface area (TPSA) is 54.5 Å². The van der Waals surface area contributed by atoms with Gasteiger partial charge in [-0.25, -0.2) is 8.42 Å². The molecule has 0 spiro atoms. The van der Waals surface area contributed by atoms with E-state index in [1.165, 1.54) is 10.4 Å². The van der Waals surface area contributed by atoms with Crippen molar-refractivity contribution in [1.29, 1.82) is 0 Å². The minimum atomic E-state index is -3.54. The van der Waals surface area contributed by atoms with Crippen molar-refractivity contribution in [3.05, 3.63) is 17.5 Å². The Bertz CT molecular complexity index is 483.